The van der Waals surface area contributed by atoms with Crippen molar-refractivity contribution in [2.24, 2.45) is 0 Å². The number of rotatable bonds is 4. The molecule has 0 N–H and O–H groups in total. The van der Waals surface area contributed by atoms with Crippen LogP contribution in [0.2, 0.25) is 0 Å². The number of nitriles is 1. The highest BCUT2D eigenvalue weighted by Crippen LogP contribution is 2.28. The van der Waals surface area contributed by atoms with Crippen LogP contribution in [0, 0.1) is 11.3 Å². The van der Waals surface area contributed by atoms with E-state index in [0.29, 0.717) is 11.7 Å². The van der Waals surface area contributed by atoms with E-state index in [0.717, 1.165) is 10.9 Å². The quantitative estimate of drug-likeness (QED) is 0.764. The molecule has 0 aliphatic rings. The van der Waals surface area contributed by atoms with Gasteiger partial charge in [0.2, 0.25) is 0 Å². The standard InChI is InChI=1S/C11H12BrNS/c1-2-10(6-7-13)14-11-5-3-4-9(12)8-11/h3-5,8,10H,2,6H2,1H3. The van der Waals surface area contributed by atoms with Crippen molar-refractivity contribution in [3.63, 3.8) is 0 Å². The monoisotopic (exact) mass is 269 g/mol. The van der Waals surface area contributed by atoms with Crippen LogP contribution in [0.1, 0.15) is 19.8 Å². The molecular weight excluding hydrogens is 258 g/mol. The molecule has 0 aromatic heterocycles. The normalized spacial score (nSPS) is 12.1. The van der Waals surface area contributed by atoms with Crippen molar-refractivity contribution >= 4 is 27.7 Å². The van der Waals surface area contributed by atoms with Crippen LogP contribution in [0.3, 0.4) is 0 Å². The van der Waals surface area contributed by atoms with Gasteiger partial charge in [0.05, 0.1) is 6.07 Å². The Hall–Kier alpha value is -0.460. The van der Waals surface area contributed by atoms with Crippen molar-refractivity contribution in [3.05, 3.63) is 28.7 Å². The summed E-state index contributed by atoms with van der Waals surface area (Å²) in [6, 6.07) is 10.4. The summed E-state index contributed by atoms with van der Waals surface area (Å²) in [5, 5.41) is 9.04. The third-order valence-electron chi connectivity index (χ3n) is 1.87. The second-order valence-electron chi connectivity index (χ2n) is 2.97. The molecule has 0 radical (unpaired) electrons. The van der Waals surface area contributed by atoms with E-state index >= 15 is 0 Å². The molecule has 0 bridgehead atoms. The average molecular weight is 270 g/mol. The van der Waals surface area contributed by atoms with Gasteiger partial charge in [-0.3, -0.25) is 0 Å². The van der Waals surface area contributed by atoms with Crippen LogP contribution in [0.5, 0.6) is 0 Å². The van der Waals surface area contributed by atoms with Gasteiger partial charge in [-0.15, -0.1) is 11.8 Å². The van der Waals surface area contributed by atoms with E-state index in [4.69, 9.17) is 5.26 Å². The molecule has 1 aromatic carbocycles. The lowest BCUT2D eigenvalue weighted by Crippen LogP contribution is -1.98. The van der Waals surface area contributed by atoms with Crippen molar-refractivity contribution in [3.8, 4) is 6.07 Å². The highest BCUT2D eigenvalue weighted by atomic mass is 79.9. The molecule has 0 aliphatic carbocycles. The number of hydrogen-bond acceptors (Lipinski definition) is 2. The van der Waals surface area contributed by atoms with Crippen LogP contribution in [0.4, 0.5) is 0 Å². The van der Waals surface area contributed by atoms with Gasteiger partial charge < -0.3 is 0 Å². The molecule has 0 saturated carbocycles. The minimum Gasteiger partial charge on any atom is -0.198 e. The lowest BCUT2D eigenvalue weighted by atomic mass is 10.3. The summed E-state index contributed by atoms with van der Waals surface area (Å²) in [7, 11) is 0. The maximum atomic E-state index is 8.63. The van der Waals surface area contributed by atoms with Crippen LogP contribution >= 0.6 is 27.7 Å². The summed E-state index contributed by atoms with van der Waals surface area (Å²) in [5.41, 5.74) is 0. The number of thioether (sulfide) groups is 1. The first-order chi connectivity index (χ1) is 6.76. The fourth-order valence-electron chi connectivity index (χ4n) is 1.10. The Morgan fingerprint density at radius 1 is 1.57 bits per heavy atom. The molecule has 0 spiro atoms. The van der Waals surface area contributed by atoms with Gasteiger partial charge in [-0.1, -0.05) is 28.9 Å². The molecule has 1 nitrogen and oxygen atoms in total. The Morgan fingerprint density at radius 3 is 2.93 bits per heavy atom. The van der Waals surface area contributed by atoms with Gasteiger partial charge in [-0.25, -0.2) is 0 Å². The molecule has 0 heterocycles. The van der Waals surface area contributed by atoms with Gasteiger partial charge >= 0.3 is 0 Å². The zero-order chi connectivity index (χ0) is 10.4. The number of benzene rings is 1. The Labute approximate surface area is 97.6 Å². The van der Waals surface area contributed by atoms with E-state index in [-0.39, 0.29) is 0 Å². The van der Waals surface area contributed by atoms with Crippen LogP contribution in [-0.4, -0.2) is 5.25 Å². The highest BCUT2D eigenvalue weighted by Gasteiger charge is 2.07. The third-order valence-corrected chi connectivity index (χ3v) is 3.73. The topological polar surface area (TPSA) is 23.8 Å². The van der Waals surface area contributed by atoms with Gasteiger partial charge in [0.15, 0.2) is 0 Å². The Kier molecular flexibility index (Phi) is 5.06. The van der Waals surface area contributed by atoms with Crippen LogP contribution in [0.25, 0.3) is 0 Å². The molecule has 0 fully saturated rings. The maximum absolute atomic E-state index is 8.63. The van der Waals surface area contributed by atoms with E-state index < -0.39 is 0 Å². The second kappa shape index (κ2) is 6.10. The zero-order valence-electron chi connectivity index (χ0n) is 8.03. The van der Waals surface area contributed by atoms with E-state index in [1.165, 1.54) is 4.90 Å². The summed E-state index contributed by atoms with van der Waals surface area (Å²) in [6.45, 7) is 2.12. The van der Waals surface area contributed by atoms with Crippen molar-refractivity contribution in [2.45, 2.75) is 29.9 Å². The molecule has 0 saturated heterocycles. The van der Waals surface area contributed by atoms with Crippen molar-refractivity contribution in [1.29, 1.82) is 5.26 Å². The first-order valence-corrected chi connectivity index (χ1v) is 6.22. The summed E-state index contributed by atoms with van der Waals surface area (Å²) in [6.07, 6.45) is 1.65. The predicted molar refractivity (Wildman–Crippen MR) is 64.3 cm³/mol. The lowest BCUT2D eigenvalue weighted by Gasteiger charge is -2.10. The summed E-state index contributed by atoms with van der Waals surface area (Å²) >= 11 is 5.21. The summed E-state index contributed by atoms with van der Waals surface area (Å²) < 4.78 is 1.09. The van der Waals surface area contributed by atoms with Gasteiger partial charge in [0.25, 0.3) is 0 Å². The molecule has 3 heteroatoms. The molecular formula is C11H12BrNS. The second-order valence-corrected chi connectivity index (χ2v) is 5.26. The number of hydrogen-bond donors (Lipinski definition) is 0. The Morgan fingerprint density at radius 2 is 2.36 bits per heavy atom. The minimum atomic E-state index is 0.411. The van der Waals surface area contributed by atoms with Crippen LogP contribution < -0.4 is 0 Å². The van der Waals surface area contributed by atoms with Crippen molar-refractivity contribution < 1.29 is 0 Å². The largest absolute Gasteiger partial charge is 0.198 e. The van der Waals surface area contributed by atoms with Gasteiger partial charge in [-0.05, 0) is 24.6 Å². The first-order valence-electron chi connectivity index (χ1n) is 4.55. The highest BCUT2D eigenvalue weighted by molar-refractivity contribution is 9.10. The minimum absolute atomic E-state index is 0.411. The fourth-order valence-corrected chi connectivity index (χ4v) is 2.72. The van der Waals surface area contributed by atoms with Gasteiger partial charge in [0, 0.05) is 21.0 Å². The third kappa shape index (κ3) is 3.73. The zero-order valence-corrected chi connectivity index (χ0v) is 10.4. The molecule has 14 heavy (non-hydrogen) atoms. The number of nitrogens with zero attached hydrogens (tertiary/aromatic N) is 1. The molecule has 1 rings (SSSR count). The van der Waals surface area contributed by atoms with E-state index in [9.17, 15) is 0 Å². The van der Waals surface area contributed by atoms with Crippen LogP contribution in [0.15, 0.2) is 33.6 Å². The summed E-state index contributed by atoms with van der Waals surface area (Å²) in [4.78, 5) is 1.22. The molecule has 1 aromatic rings. The van der Waals surface area contributed by atoms with Crippen molar-refractivity contribution in [2.75, 3.05) is 0 Å². The fraction of sp³-hybridized carbons (Fsp3) is 0.364. The smallest absolute Gasteiger partial charge is 0.0633 e. The Bertz CT molecular complexity index is 332. The van der Waals surface area contributed by atoms with E-state index in [1.807, 2.05) is 12.1 Å². The van der Waals surface area contributed by atoms with E-state index in [1.54, 1.807) is 11.8 Å². The molecule has 1 unspecified atom stereocenters. The SMILES string of the molecule is CCC(CC#N)Sc1cccc(Br)c1. The lowest BCUT2D eigenvalue weighted by molar-refractivity contribution is 0.842. The molecule has 1 atom stereocenters. The number of halogens is 1. The maximum Gasteiger partial charge on any atom is 0.0633 e. The first kappa shape index (κ1) is 11.6. The molecule has 0 aliphatic heterocycles. The Balaban J connectivity index is 2.63. The predicted octanol–water partition coefficient (Wildman–Crippen LogP) is 4.23. The van der Waals surface area contributed by atoms with E-state index in [2.05, 4.69) is 41.1 Å². The average Bonchev–Trinajstić information content (AvgIpc) is 2.17. The molecule has 74 valence electrons. The van der Waals surface area contributed by atoms with Gasteiger partial charge in [-0.2, -0.15) is 5.26 Å². The molecule has 0 amide bonds. The van der Waals surface area contributed by atoms with Gasteiger partial charge in [0.1, 0.15) is 0 Å². The van der Waals surface area contributed by atoms with Crippen LogP contribution in [-0.2, 0) is 0 Å². The van der Waals surface area contributed by atoms with Crippen molar-refractivity contribution in [1.82, 2.24) is 0 Å². The summed E-state index contributed by atoms with van der Waals surface area (Å²) in [5.74, 6) is 0.